The van der Waals surface area contributed by atoms with Crippen molar-refractivity contribution in [1.82, 2.24) is 10.6 Å². The summed E-state index contributed by atoms with van der Waals surface area (Å²) in [7, 11) is 1.87. The molecule has 3 unspecified atom stereocenters. The molecule has 2 heterocycles. The van der Waals surface area contributed by atoms with Crippen LogP contribution in [0.15, 0.2) is 4.99 Å². The standard InChI is InChI=1S/C17H31N3O.HI/c1-3-12-4-6-13(7-5-12)11-19-17(18-2)20-15-10-14-8-9-16(15)21-14;/h12-16H,3-11H2,1-2H3,(H2,18,19,20);1H. The van der Waals surface area contributed by atoms with Crippen LogP contribution in [0.1, 0.15) is 58.3 Å². The molecule has 2 bridgehead atoms. The molecule has 1 aliphatic carbocycles. The SMILES string of the molecule is CCC1CCC(CNC(=NC)NC2CC3CCC2O3)CC1.I. The summed E-state index contributed by atoms with van der Waals surface area (Å²) in [6.07, 6.45) is 11.4. The number of nitrogens with zero attached hydrogens (tertiary/aromatic N) is 1. The van der Waals surface area contributed by atoms with Crippen LogP contribution in [0.5, 0.6) is 0 Å². The Morgan fingerprint density at radius 1 is 1.09 bits per heavy atom. The second-order valence-electron chi connectivity index (χ2n) is 7.11. The minimum Gasteiger partial charge on any atom is -0.373 e. The molecular formula is C17H32IN3O. The minimum absolute atomic E-state index is 0. The van der Waals surface area contributed by atoms with Gasteiger partial charge in [0, 0.05) is 13.6 Å². The molecule has 3 rings (SSSR count). The Morgan fingerprint density at radius 2 is 1.82 bits per heavy atom. The van der Waals surface area contributed by atoms with Crippen molar-refractivity contribution < 1.29 is 4.74 Å². The average molecular weight is 421 g/mol. The predicted octanol–water partition coefficient (Wildman–Crippen LogP) is 3.31. The van der Waals surface area contributed by atoms with Gasteiger partial charge in [0.1, 0.15) is 0 Å². The van der Waals surface area contributed by atoms with E-state index in [9.17, 15) is 0 Å². The summed E-state index contributed by atoms with van der Waals surface area (Å²) in [5.74, 6) is 2.77. The summed E-state index contributed by atoms with van der Waals surface area (Å²) < 4.78 is 5.90. The van der Waals surface area contributed by atoms with Crippen LogP contribution in [0, 0.1) is 11.8 Å². The van der Waals surface area contributed by atoms with Gasteiger partial charge in [0.05, 0.1) is 18.2 Å². The third kappa shape index (κ3) is 4.49. The zero-order chi connectivity index (χ0) is 14.7. The van der Waals surface area contributed by atoms with Crippen molar-refractivity contribution in [2.45, 2.75) is 76.5 Å². The molecule has 22 heavy (non-hydrogen) atoms. The number of ether oxygens (including phenoxy) is 1. The number of hydrogen-bond acceptors (Lipinski definition) is 2. The van der Waals surface area contributed by atoms with Crippen molar-refractivity contribution in [3.8, 4) is 0 Å². The van der Waals surface area contributed by atoms with Gasteiger partial charge in [-0.2, -0.15) is 0 Å². The molecule has 3 fully saturated rings. The Hall–Kier alpha value is -0.0400. The van der Waals surface area contributed by atoms with Crippen LogP contribution in [0.2, 0.25) is 0 Å². The van der Waals surface area contributed by atoms with Crippen molar-refractivity contribution >= 4 is 29.9 Å². The van der Waals surface area contributed by atoms with Gasteiger partial charge in [-0.15, -0.1) is 24.0 Å². The van der Waals surface area contributed by atoms with E-state index in [1.807, 2.05) is 7.05 Å². The van der Waals surface area contributed by atoms with Crippen molar-refractivity contribution in [3.05, 3.63) is 0 Å². The Balaban J connectivity index is 0.00000176. The predicted molar refractivity (Wildman–Crippen MR) is 102 cm³/mol. The molecule has 1 saturated carbocycles. The van der Waals surface area contributed by atoms with Gasteiger partial charge < -0.3 is 15.4 Å². The number of nitrogens with one attached hydrogen (secondary N) is 2. The Kier molecular flexibility index (Phi) is 7.25. The Bertz CT molecular complexity index is 369. The molecule has 5 heteroatoms. The molecule has 0 spiro atoms. The van der Waals surface area contributed by atoms with Crippen LogP contribution < -0.4 is 10.6 Å². The van der Waals surface area contributed by atoms with Crippen molar-refractivity contribution in [2.75, 3.05) is 13.6 Å². The van der Waals surface area contributed by atoms with Crippen LogP contribution in [-0.4, -0.2) is 37.8 Å². The first-order valence-electron chi connectivity index (χ1n) is 8.91. The minimum atomic E-state index is 0. The lowest BCUT2D eigenvalue weighted by Crippen LogP contribution is -2.48. The largest absolute Gasteiger partial charge is 0.373 e. The lowest BCUT2D eigenvalue weighted by molar-refractivity contribution is 0.0992. The van der Waals surface area contributed by atoms with E-state index in [0.29, 0.717) is 18.2 Å². The topological polar surface area (TPSA) is 45.7 Å². The zero-order valence-corrected chi connectivity index (χ0v) is 16.3. The second kappa shape index (κ2) is 8.71. The van der Waals surface area contributed by atoms with Gasteiger partial charge in [0.2, 0.25) is 0 Å². The van der Waals surface area contributed by atoms with Gasteiger partial charge in [-0.1, -0.05) is 26.2 Å². The lowest BCUT2D eigenvalue weighted by Gasteiger charge is -2.29. The summed E-state index contributed by atoms with van der Waals surface area (Å²) in [6.45, 7) is 3.39. The Morgan fingerprint density at radius 3 is 2.36 bits per heavy atom. The fourth-order valence-corrected chi connectivity index (χ4v) is 4.24. The number of halogens is 1. The molecule has 0 amide bonds. The molecule has 3 atom stereocenters. The van der Waals surface area contributed by atoms with E-state index in [4.69, 9.17) is 4.74 Å². The van der Waals surface area contributed by atoms with Crippen molar-refractivity contribution in [3.63, 3.8) is 0 Å². The molecule has 3 aliphatic rings. The first-order valence-corrected chi connectivity index (χ1v) is 8.91. The first kappa shape index (κ1) is 18.3. The lowest BCUT2D eigenvalue weighted by atomic mass is 9.81. The van der Waals surface area contributed by atoms with Gasteiger partial charge in [0.25, 0.3) is 0 Å². The normalized spacial score (nSPS) is 37.7. The highest BCUT2D eigenvalue weighted by Gasteiger charge is 2.41. The molecule has 2 aliphatic heterocycles. The highest BCUT2D eigenvalue weighted by atomic mass is 127. The van der Waals surface area contributed by atoms with E-state index >= 15 is 0 Å². The van der Waals surface area contributed by atoms with Gasteiger partial charge in [-0.25, -0.2) is 0 Å². The van der Waals surface area contributed by atoms with Crippen LogP contribution in [0.3, 0.4) is 0 Å². The third-order valence-corrected chi connectivity index (χ3v) is 5.75. The summed E-state index contributed by atoms with van der Waals surface area (Å²) in [5.41, 5.74) is 0. The van der Waals surface area contributed by atoms with Crippen LogP contribution in [-0.2, 0) is 4.74 Å². The second-order valence-corrected chi connectivity index (χ2v) is 7.11. The maximum atomic E-state index is 5.90. The Labute approximate surface area is 152 Å². The summed E-state index contributed by atoms with van der Waals surface area (Å²) in [4.78, 5) is 4.39. The molecule has 4 nitrogen and oxygen atoms in total. The zero-order valence-electron chi connectivity index (χ0n) is 14.0. The molecular weight excluding hydrogens is 389 g/mol. The first-order chi connectivity index (χ1) is 10.3. The number of fused-ring (bicyclic) bond motifs is 2. The molecule has 0 aromatic carbocycles. The highest BCUT2D eigenvalue weighted by molar-refractivity contribution is 14.0. The average Bonchev–Trinajstić information content (AvgIpc) is 3.14. The van der Waals surface area contributed by atoms with Crippen LogP contribution in [0.4, 0.5) is 0 Å². The summed E-state index contributed by atoms with van der Waals surface area (Å²) in [5, 5.41) is 7.11. The van der Waals surface area contributed by atoms with Gasteiger partial charge in [-0.3, -0.25) is 4.99 Å². The molecule has 2 N–H and O–H groups in total. The fraction of sp³-hybridized carbons (Fsp3) is 0.941. The van der Waals surface area contributed by atoms with Gasteiger partial charge >= 0.3 is 0 Å². The van der Waals surface area contributed by atoms with Crippen molar-refractivity contribution in [2.24, 2.45) is 16.8 Å². The van der Waals surface area contributed by atoms with Gasteiger partial charge in [-0.05, 0) is 43.9 Å². The highest BCUT2D eigenvalue weighted by Crippen LogP contribution is 2.34. The fourth-order valence-electron chi connectivity index (χ4n) is 4.24. The van der Waals surface area contributed by atoms with E-state index in [-0.39, 0.29) is 24.0 Å². The molecule has 2 saturated heterocycles. The van der Waals surface area contributed by atoms with Crippen LogP contribution >= 0.6 is 24.0 Å². The van der Waals surface area contributed by atoms with Crippen molar-refractivity contribution in [1.29, 1.82) is 0 Å². The number of aliphatic imine (C=N–C) groups is 1. The third-order valence-electron chi connectivity index (χ3n) is 5.75. The quantitative estimate of drug-likeness (QED) is 0.416. The summed E-state index contributed by atoms with van der Waals surface area (Å²) in [6, 6.07) is 0.464. The van der Waals surface area contributed by atoms with E-state index in [2.05, 4.69) is 22.5 Å². The monoisotopic (exact) mass is 421 g/mol. The number of hydrogen-bond donors (Lipinski definition) is 2. The van der Waals surface area contributed by atoms with E-state index in [0.717, 1.165) is 30.8 Å². The van der Waals surface area contributed by atoms with Gasteiger partial charge in [0.15, 0.2) is 5.96 Å². The molecule has 0 aromatic rings. The van der Waals surface area contributed by atoms with E-state index in [1.54, 1.807) is 0 Å². The number of guanidine groups is 1. The van der Waals surface area contributed by atoms with E-state index < -0.39 is 0 Å². The maximum Gasteiger partial charge on any atom is 0.191 e. The molecule has 0 radical (unpaired) electrons. The van der Waals surface area contributed by atoms with E-state index in [1.165, 1.54) is 44.9 Å². The summed E-state index contributed by atoms with van der Waals surface area (Å²) >= 11 is 0. The molecule has 0 aromatic heterocycles. The smallest absolute Gasteiger partial charge is 0.191 e. The van der Waals surface area contributed by atoms with Crippen LogP contribution in [0.25, 0.3) is 0 Å². The number of rotatable bonds is 4. The molecule has 128 valence electrons. The maximum absolute atomic E-state index is 5.90.